The van der Waals surface area contributed by atoms with Gasteiger partial charge in [0.05, 0.1) is 5.69 Å². The van der Waals surface area contributed by atoms with Gasteiger partial charge < -0.3 is 9.97 Å². The van der Waals surface area contributed by atoms with Gasteiger partial charge in [-0.1, -0.05) is 123 Å². The van der Waals surface area contributed by atoms with Crippen LogP contribution < -0.4 is 4.90 Å². The van der Waals surface area contributed by atoms with E-state index < -0.39 is 11.8 Å². The van der Waals surface area contributed by atoms with Crippen LogP contribution in [0.25, 0.3) is 100 Å². The molecule has 0 radical (unpaired) electrons. The first kappa shape index (κ1) is 40.6. The van der Waals surface area contributed by atoms with Crippen molar-refractivity contribution in [3.8, 4) is 45.6 Å². The molecule has 6 aromatic carbocycles. The molecule has 9 aromatic rings. The lowest BCUT2D eigenvalue weighted by Gasteiger charge is -2.27. The Kier molecular flexibility index (Phi) is 8.36. The second-order valence-corrected chi connectivity index (χ2v) is 21.0. The third-order valence-electron chi connectivity index (χ3n) is 13.4. The molecule has 2 amide bonds. The van der Waals surface area contributed by atoms with E-state index in [0.29, 0.717) is 73.5 Å². The summed E-state index contributed by atoms with van der Waals surface area (Å²) in [5.41, 5.74) is 9.95. The number of anilines is 1. The Morgan fingerprint density at radius 3 is 1.27 bits per heavy atom. The predicted molar refractivity (Wildman–Crippen MR) is 267 cm³/mol. The molecular formula is C56H47N9O2. The molecule has 2 N–H and O–H groups in total. The van der Waals surface area contributed by atoms with Crippen molar-refractivity contribution in [1.29, 1.82) is 0 Å². The van der Waals surface area contributed by atoms with Crippen LogP contribution in [-0.4, -0.2) is 51.7 Å². The zero-order valence-electron chi connectivity index (χ0n) is 38.8. The molecule has 328 valence electrons. The van der Waals surface area contributed by atoms with Gasteiger partial charge in [-0.3, -0.25) is 9.59 Å². The monoisotopic (exact) mass is 877 g/mol. The highest BCUT2D eigenvalue weighted by Crippen LogP contribution is 2.42. The van der Waals surface area contributed by atoms with Gasteiger partial charge in [-0.15, -0.1) is 0 Å². The first-order valence-corrected chi connectivity index (χ1v) is 22.7. The Hall–Kier alpha value is -7.92. The van der Waals surface area contributed by atoms with Gasteiger partial charge >= 0.3 is 0 Å². The molecule has 67 heavy (non-hydrogen) atoms. The van der Waals surface area contributed by atoms with E-state index >= 15 is 0 Å². The third kappa shape index (κ3) is 6.31. The molecule has 0 unspecified atom stereocenters. The first-order valence-electron chi connectivity index (χ1n) is 22.7. The molecule has 11 nitrogen and oxygen atoms in total. The summed E-state index contributed by atoms with van der Waals surface area (Å²) >= 11 is 0. The minimum Gasteiger partial charge on any atom is -0.324 e. The SMILES string of the molecule is CC(C)(C)c1ccc2c(c1)-c1nc-2nc2[nH]c(nc3nc(nc4[nH]c(n1)c1ccc(N5C(=O)c6cccc7cccc(c67)C5=O)cc41)-c1ccc(C(C)(C)C)cc1-3)c1ccc(C(C)(C)C)cc21. The molecule has 11 heteroatoms. The molecule has 0 aliphatic carbocycles. The maximum absolute atomic E-state index is 14.3. The summed E-state index contributed by atoms with van der Waals surface area (Å²) in [6.07, 6.45) is 0. The lowest BCUT2D eigenvalue weighted by molar-refractivity contribution is 0.0893. The van der Waals surface area contributed by atoms with Crippen molar-refractivity contribution in [2.45, 2.75) is 78.6 Å². The average molecular weight is 878 g/mol. The van der Waals surface area contributed by atoms with Gasteiger partial charge in [0.1, 0.15) is 22.6 Å². The normalized spacial score (nSPS) is 13.8. The summed E-state index contributed by atoms with van der Waals surface area (Å²) in [5, 5.41) is 4.70. The van der Waals surface area contributed by atoms with Gasteiger partial charge in [0.2, 0.25) is 0 Å². The maximum Gasteiger partial charge on any atom is 0.265 e. The summed E-state index contributed by atoms with van der Waals surface area (Å²) < 4.78 is 0. The van der Waals surface area contributed by atoms with Crippen LogP contribution in [-0.2, 0) is 16.2 Å². The summed E-state index contributed by atoms with van der Waals surface area (Å²) in [6.45, 7) is 19.8. The van der Waals surface area contributed by atoms with Crippen molar-refractivity contribution in [3.63, 3.8) is 0 Å². The van der Waals surface area contributed by atoms with Crippen LogP contribution >= 0.6 is 0 Å². The number of benzene rings is 6. The zero-order valence-corrected chi connectivity index (χ0v) is 38.8. The smallest absolute Gasteiger partial charge is 0.265 e. The molecule has 0 saturated heterocycles. The molecule has 3 aliphatic rings. The summed E-state index contributed by atoms with van der Waals surface area (Å²) in [4.78, 5) is 68.7. The number of imide groups is 1. The van der Waals surface area contributed by atoms with Crippen molar-refractivity contribution in [2.75, 3.05) is 4.90 Å². The number of aromatic nitrogens is 8. The number of H-pyrrole nitrogens is 2. The van der Waals surface area contributed by atoms with Gasteiger partial charge in [0.25, 0.3) is 11.8 Å². The standard InChI is InChI=1S/C56H47N9O2/c1-54(2,3)29-16-20-33-39(24-29)48-57-44(33)59-49-41-26-31(56(7,8)9)18-22-35(41)46(61-49)63-51-42-27-32(65-52(66)37-14-10-12-28-13-11-15-38(43(28)37)53(65)67)19-23-36(42)47(64-51)62-50-40-25-30(55(4,5)6)17-21-34(40)45(58-48)60-50/h10-27H,1-9H3,(H2,57,58,59,60,61,62,63,64). The van der Waals surface area contributed by atoms with Crippen molar-refractivity contribution in [1.82, 2.24) is 39.9 Å². The van der Waals surface area contributed by atoms with E-state index in [0.717, 1.165) is 54.9 Å². The second-order valence-electron chi connectivity index (χ2n) is 21.0. The number of hydrogen-bond acceptors (Lipinski definition) is 8. The Morgan fingerprint density at radius 2 is 0.791 bits per heavy atom. The fraction of sp³-hybridized carbons (Fsp3) is 0.214. The molecule has 6 heterocycles. The molecule has 0 spiro atoms. The number of aromatic amines is 2. The lowest BCUT2D eigenvalue weighted by atomic mass is 9.85. The molecule has 0 saturated carbocycles. The average Bonchev–Trinajstić information content (AvgIpc) is 4.02. The van der Waals surface area contributed by atoms with Crippen molar-refractivity contribution in [2.24, 2.45) is 0 Å². The number of hydrogen-bond donors (Lipinski definition) is 2. The number of nitrogens with one attached hydrogen (secondary N) is 2. The van der Waals surface area contributed by atoms with Crippen LogP contribution in [0.4, 0.5) is 5.69 Å². The van der Waals surface area contributed by atoms with Gasteiger partial charge in [0.15, 0.2) is 23.3 Å². The highest BCUT2D eigenvalue weighted by atomic mass is 16.2. The van der Waals surface area contributed by atoms with E-state index in [-0.39, 0.29) is 16.2 Å². The lowest BCUT2D eigenvalue weighted by Crippen LogP contribution is -2.40. The second kappa shape index (κ2) is 13.8. The van der Waals surface area contributed by atoms with Crippen LogP contribution in [0.15, 0.2) is 109 Å². The Labute approximate surface area is 386 Å². The number of rotatable bonds is 1. The van der Waals surface area contributed by atoms with Crippen molar-refractivity contribution < 1.29 is 9.59 Å². The molecule has 3 aromatic heterocycles. The quantitative estimate of drug-likeness (QED) is 0.155. The minimum absolute atomic E-state index is 0.115. The number of fused-ring (bicyclic) bond motifs is 20. The van der Waals surface area contributed by atoms with E-state index in [1.54, 1.807) is 18.2 Å². The van der Waals surface area contributed by atoms with Crippen molar-refractivity contribution in [3.05, 3.63) is 137 Å². The van der Waals surface area contributed by atoms with E-state index in [1.165, 1.54) is 10.5 Å². The number of carbonyl (C=O) groups excluding carboxylic acids is 2. The molecule has 0 fully saturated rings. The summed E-state index contributed by atoms with van der Waals surface area (Å²) in [5.74, 6) is 1.19. The molecule has 3 aliphatic heterocycles. The van der Waals surface area contributed by atoms with Crippen LogP contribution in [0, 0.1) is 0 Å². The van der Waals surface area contributed by atoms with Gasteiger partial charge in [-0.25, -0.2) is 34.8 Å². The largest absolute Gasteiger partial charge is 0.324 e. The first-order chi connectivity index (χ1) is 31.9. The van der Waals surface area contributed by atoms with E-state index in [4.69, 9.17) is 29.9 Å². The van der Waals surface area contributed by atoms with Crippen LogP contribution in [0.2, 0.25) is 0 Å². The Balaban J connectivity index is 1.19. The van der Waals surface area contributed by atoms with Crippen LogP contribution in [0.5, 0.6) is 0 Å². The van der Waals surface area contributed by atoms with E-state index in [1.807, 2.05) is 36.4 Å². The van der Waals surface area contributed by atoms with E-state index in [2.05, 4.69) is 127 Å². The highest BCUT2D eigenvalue weighted by Gasteiger charge is 2.35. The highest BCUT2D eigenvalue weighted by molar-refractivity contribution is 6.36. The fourth-order valence-corrected chi connectivity index (χ4v) is 9.59. The Bertz CT molecular complexity index is 3800. The molecule has 12 rings (SSSR count). The number of amides is 2. The zero-order chi connectivity index (χ0) is 46.5. The summed E-state index contributed by atoms with van der Waals surface area (Å²) in [6, 6.07) is 35.8. The fourth-order valence-electron chi connectivity index (χ4n) is 9.59. The third-order valence-corrected chi connectivity index (χ3v) is 13.4. The minimum atomic E-state index is -0.393. The summed E-state index contributed by atoms with van der Waals surface area (Å²) in [7, 11) is 0. The van der Waals surface area contributed by atoms with Gasteiger partial charge in [-0.2, -0.15) is 0 Å². The van der Waals surface area contributed by atoms with Crippen LogP contribution in [0.1, 0.15) is 99.7 Å². The molecule has 8 bridgehead atoms. The van der Waals surface area contributed by atoms with Crippen molar-refractivity contribution >= 4 is 72.4 Å². The number of nitrogens with zero attached hydrogens (tertiary/aromatic N) is 7. The topological polar surface area (TPSA) is 146 Å². The predicted octanol–water partition coefficient (Wildman–Crippen LogP) is 12.7. The Morgan fingerprint density at radius 1 is 0.388 bits per heavy atom. The van der Waals surface area contributed by atoms with Gasteiger partial charge in [0, 0.05) is 60.3 Å². The molecule has 0 atom stereocenters. The maximum atomic E-state index is 14.3. The van der Waals surface area contributed by atoms with Crippen LogP contribution in [0.3, 0.4) is 0 Å². The van der Waals surface area contributed by atoms with E-state index in [9.17, 15) is 9.59 Å². The number of carbonyl (C=O) groups is 2. The van der Waals surface area contributed by atoms with Gasteiger partial charge in [-0.05, 0) is 86.9 Å². The molecular weight excluding hydrogens is 831 g/mol.